The number of hydrogen-bond acceptors (Lipinski definition) is 5. The molecule has 1 heterocycles. The summed E-state index contributed by atoms with van der Waals surface area (Å²) >= 11 is 1.55. The van der Waals surface area contributed by atoms with Crippen molar-refractivity contribution < 1.29 is 9.60 Å². The third-order valence-corrected chi connectivity index (χ3v) is 3.25. The van der Waals surface area contributed by atoms with Gasteiger partial charge in [-0.05, 0) is 23.8 Å². The number of nitrogens with zero attached hydrogens (tertiary/aromatic N) is 2. The van der Waals surface area contributed by atoms with E-state index >= 15 is 0 Å². The van der Waals surface area contributed by atoms with Gasteiger partial charge in [-0.3, -0.25) is 4.98 Å². The highest BCUT2D eigenvalue weighted by Gasteiger charge is 2.05. The van der Waals surface area contributed by atoms with Crippen molar-refractivity contribution in [3.63, 3.8) is 0 Å². The Labute approximate surface area is 113 Å². The summed E-state index contributed by atoms with van der Waals surface area (Å²) in [6.07, 6.45) is 1.78. The molecule has 7 heteroatoms. The molecule has 0 unspecified atom stereocenters. The van der Waals surface area contributed by atoms with Gasteiger partial charge in [-0.25, -0.2) is 4.39 Å². The number of hydrogen-bond donors (Lipinski definition) is 3. The van der Waals surface area contributed by atoms with Crippen molar-refractivity contribution in [2.24, 2.45) is 10.9 Å². The van der Waals surface area contributed by atoms with Crippen LogP contribution in [0, 0.1) is 5.82 Å². The number of amidine groups is 1. The van der Waals surface area contributed by atoms with Gasteiger partial charge in [-0.2, -0.15) is 0 Å². The molecule has 0 aliphatic heterocycles. The van der Waals surface area contributed by atoms with E-state index in [0.717, 1.165) is 10.4 Å². The molecule has 0 radical (unpaired) electrons. The topological polar surface area (TPSA) is 83.5 Å². The fourth-order valence-corrected chi connectivity index (χ4v) is 2.18. The molecule has 0 atom stereocenters. The highest BCUT2D eigenvalue weighted by molar-refractivity contribution is 7.09. The number of thiazole rings is 1. The van der Waals surface area contributed by atoms with Crippen LogP contribution in [0.3, 0.4) is 0 Å². The van der Waals surface area contributed by atoms with Crippen LogP contribution in [0.25, 0.3) is 0 Å². The molecule has 19 heavy (non-hydrogen) atoms. The molecule has 1 aromatic carbocycles. The largest absolute Gasteiger partial charge is 0.409 e. The quantitative estimate of drug-likeness (QED) is 0.337. The second-order valence-corrected chi connectivity index (χ2v) is 4.88. The Morgan fingerprint density at radius 2 is 2.26 bits per heavy atom. The first-order valence-corrected chi connectivity index (χ1v) is 6.42. The maximum Gasteiger partial charge on any atom is 0.170 e. The molecule has 0 bridgehead atoms. The minimum absolute atomic E-state index is 0.108. The molecule has 100 valence electrons. The first-order valence-electron chi connectivity index (χ1n) is 5.54. The van der Waals surface area contributed by atoms with Gasteiger partial charge in [0.2, 0.25) is 0 Å². The molecule has 2 aromatic rings. The highest BCUT2D eigenvalue weighted by atomic mass is 32.1. The molecular weight excluding hydrogens is 267 g/mol. The van der Waals surface area contributed by atoms with Crippen molar-refractivity contribution in [1.29, 1.82) is 0 Å². The van der Waals surface area contributed by atoms with Crippen LogP contribution < -0.4 is 11.1 Å². The third-order valence-electron chi connectivity index (χ3n) is 2.47. The van der Waals surface area contributed by atoms with E-state index in [-0.39, 0.29) is 5.84 Å². The van der Waals surface area contributed by atoms with Crippen LogP contribution in [0.2, 0.25) is 0 Å². The van der Waals surface area contributed by atoms with Crippen LogP contribution in [0.15, 0.2) is 35.1 Å². The zero-order valence-electron chi connectivity index (χ0n) is 10.0. The molecule has 0 amide bonds. The van der Waals surface area contributed by atoms with Crippen LogP contribution >= 0.6 is 11.3 Å². The summed E-state index contributed by atoms with van der Waals surface area (Å²) in [6.45, 7) is 1.15. The van der Waals surface area contributed by atoms with Gasteiger partial charge in [0.05, 0.1) is 5.51 Å². The van der Waals surface area contributed by atoms with E-state index in [1.165, 1.54) is 12.1 Å². The number of benzene rings is 1. The van der Waals surface area contributed by atoms with Gasteiger partial charge in [0.1, 0.15) is 5.82 Å². The van der Waals surface area contributed by atoms with Crippen molar-refractivity contribution in [2.45, 2.75) is 13.1 Å². The number of aromatic nitrogens is 1. The number of rotatable bonds is 5. The predicted octanol–water partition coefficient (Wildman–Crippen LogP) is 1.67. The Hall–Kier alpha value is -1.99. The average Bonchev–Trinajstić information content (AvgIpc) is 2.90. The highest BCUT2D eigenvalue weighted by Crippen LogP contribution is 2.10. The van der Waals surface area contributed by atoms with Crippen LogP contribution in [0.5, 0.6) is 0 Å². The van der Waals surface area contributed by atoms with Gasteiger partial charge in [0.15, 0.2) is 5.84 Å². The number of oxime groups is 1. The Kier molecular flexibility index (Phi) is 4.43. The molecule has 1 aromatic heterocycles. The van der Waals surface area contributed by atoms with E-state index in [9.17, 15) is 4.39 Å². The normalized spacial score (nSPS) is 11.7. The molecule has 0 spiro atoms. The van der Waals surface area contributed by atoms with E-state index in [2.05, 4.69) is 15.5 Å². The summed E-state index contributed by atoms with van der Waals surface area (Å²) in [7, 11) is 0. The standard InChI is InChI=1S/C12H13FN4OS/c13-10-2-8(1-9(3-10)12(14)17-18)4-15-5-11-6-16-7-19-11/h1-3,6-7,15,18H,4-5H2,(H2,14,17). The lowest BCUT2D eigenvalue weighted by Crippen LogP contribution is -2.16. The Morgan fingerprint density at radius 3 is 2.95 bits per heavy atom. The first-order chi connectivity index (χ1) is 9.19. The van der Waals surface area contributed by atoms with Gasteiger partial charge in [-0.1, -0.05) is 5.16 Å². The lowest BCUT2D eigenvalue weighted by Gasteiger charge is -2.06. The summed E-state index contributed by atoms with van der Waals surface area (Å²) in [5, 5.41) is 14.6. The summed E-state index contributed by atoms with van der Waals surface area (Å²) in [4.78, 5) is 5.07. The average molecular weight is 280 g/mol. The second-order valence-electron chi connectivity index (χ2n) is 3.90. The summed E-state index contributed by atoms with van der Waals surface area (Å²) in [5.41, 5.74) is 8.29. The van der Waals surface area contributed by atoms with E-state index in [0.29, 0.717) is 18.7 Å². The maximum atomic E-state index is 13.4. The smallest absolute Gasteiger partial charge is 0.170 e. The summed E-state index contributed by atoms with van der Waals surface area (Å²) < 4.78 is 13.4. The van der Waals surface area contributed by atoms with Crippen LogP contribution in [0.4, 0.5) is 4.39 Å². The maximum absolute atomic E-state index is 13.4. The number of halogens is 1. The van der Waals surface area contributed by atoms with Gasteiger partial charge in [0.25, 0.3) is 0 Å². The second kappa shape index (κ2) is 6.26. The van der Waals surface area contributed by atoms with Gasteiger partial charge in [0, 0.05) is 29.7 Å². The minimum Gasteiger partial charge on any atom is -0.409 e. The molecule has 4 N–H and O–H groups in total. The number of nitrogens with one attached hydrogen (secondary N) is 1. The Balaban J connectivity index is 2.02. The molecule has 2 rings (SSSR count). The zero-order valence-corrected chi connectivity index (χ0v) is 10.8. The van der Waals surface area contributed by atoms with Crippen LogP contribution in [0.1, 0.15) is 16.0 Å². The first kappa shape index (κ1) is 13.4. The fourth-order valence-electron chi connectivity index (χ4n) is 1.62. The van der Waals surface area contributed by atoms with Gasteiger partial charge < -0.3 is 16.3 Å². The molecule has 0 aliphatic carbocycles. The third kappa shape index (κ3) is 3.73. The van der Waals surface area contributed by atoms with E-state index in [4.69, 9.17) is 10.9 Å². The van der Waals surface area contributed by atoms with Crippen molar-refractivity contribution in [3.05, 3.63) is 51.7 Å². The van der Waals surface area contributed by atoms with E-state index in [1.807, 2.05) is 0 Å². The van der Waals surface area contributed by atoms with Gasteiger partial charge >= 0.3 is 0 Å². The molecule has 0 saturated carbocycles. The van der Waals surface area contributed by atoms with Crippen molar-refractivity contribution in [2.75, 3.05) is 0 Å². The Bertz CT molecular complexity index is 571. The summed E-state index contributed by atoms with van der Waals surface area (Å²) in [6, 6.07) is 4.31. The SMILES string of the molecule is N/C(=N/O)c1cc(F)cc(CNCc2cncs2)c1. The predicted molar refractivity (Wildman–Crippen MR) is 71.6 cm³/mol. The Morgan fingerprint density at radius 1 is 1.42 bits per heavy atom. The van der Waals surface area contributed by atoms with Crippen molar-refractivity contribution in [3.8, 4) is 0 Å². The molecule has 0 fully saturated rings. The zero-order chi connectivity index (χ0) is 13.7. The van der Waals surface area contributed by atoms with Crippen molar-refractivity contribution >= 4 is 17.2 Å². The molecule has 0 aliphatic rings. The van der Waals surface area contributed by atoms with Crippen LogP contribution in [-0.2, 0) is 13.1 Å². The number of nitrogens with two attached hydrogens (primary N) is 1. The lowest BCUT2D eigenvalue weighted by atomic mass is 10.1. The molecule has 5 nitrogen and oxygen atoms in total. The summed E-state index contributed by atoms with van der Waals surface area (Å²) in [5.74, 6) is -0.526. The molecular formula is C12H13FN4OS. The molecule has 0 saturated heterocycles. The van der Waals surface area contributed by atoms with E-state index < -0.39 is 5.82 Å². The van der Waals surface area contributed by atoms with Crippen LogP contribution in [-0.4, -0.2) is 16.0 Å². The monoisotopic (exact) mass is 280 g/mol. The van der Waals surface area contributed by atoms with Crippen molar-refractivity contribution in [1.82, 2.24) is 10.3 Å². The van der Waals surface area contributed by atoms with Gasteiger partial charge in [-0.15, -0.1) is 11.3 Å². The fraction of sp³-hybridized carbons (Fsp3) is 0.167. The minimum atomic E-state index is -0.418. The van der Waals surface area contributed by atoms with E-state index in [1.54, 1.807) is 29.1 Å². The lowest BCUT2D eigenvalue weighted by molar-refractivity contribution is 0.318.